The van der Waals surface area contributed by atoms with Gasteiger partial charge in [-0.25, -0.2) is 9.59 Å². The summed E-state index contributed by atoms with van der Waals surface area (Å²) < 4.78 is 5.52. The van der Waals surface area contributed by atoms with Crippen LogP contribution in [0.5, 0.6) is 0 Å². The summed E-state index contributed by atoms with van der Waals surface area (Å²) in [6.45, 7) is 1.96. The van der Waals surface area contributed by atoms with E-state index in [0.717, 1.165) is 11.3 Å². The number of hydrogen-bond donors (Lipinski definition) is 3. The number of aromatic nitrogens is 2. The summed E-state index contributed by atoms with van der Waals surface area (Å²) in [5.41, 5.74) is 1.32. The number of hydrogen-bond acceptors (Lipinski definition) is 8. The van der Waals surface area contributed by atoms with Crippen LogP contribution in [0.2, 0.25) is 0 Å². The number of urea groups is 1. The fourth-order valence-electron chi connectivity index (χ4n) is 2.39. The molecular weight excluding hydrogens is 438 g/mol. The van der Waals surface area contributed by atoms with Gasteiger partial charge in [0.15, 0.2) is 4.34 Å². The summed E-state index contributed by atoms with van der Waals surface area (Å²) in [6.07, 6.45) is 0. The average Bonchev–Trinajstić information content (AvgIpc) is 3.20. The van der Waals surface area contributed by atoms with Crippen LogP contribution >= 0.6 is 23.1 Å². The molecule has 9 nitrogen and oxygen atoms in total. The predicted octanol–water partition coefficient (Wildman–Crippen LogP) is 4.09. The number of amides is 3. The lowest BCUT2D eigenvalue weighted by Crippen LogP contribution is -2.19. The monoisotopic (exact) mass is 457 g/mol. The van der Waals surface area contributed by atoms with Crippen molar-refractivity contribution in [2.45, 2.75) is 11.3 Å². The molecule has 0 radical (unpaired) electrons. The van der Waals surface area contributed by atoms with E-state index in [1.807, 2.05) is 18.2 Å². The molecule has 3 aromatic rings. The standard InChI is InChI=1S/C20H19N5O4S2/c1-2-29-17(27)14-10-6-7-11-15(14)22-16(26)12-30-20-25-24-19(31-20)23-18(28)21-13-8-4-3-5-9-13/h3-11H,2,12H2,1H3,(H,22,26)(H2,21,23,24,28). The van der Waals surface area contributed by atoms with Crippen molar-refractivity contribution in [1.82, 2.24) is 10.2 Å². The average molecular weight is 458 g/mol. The maximum Gasteiger partial charge on any atom is 0.340 e. The first-order chi connectivity index (χ1) is 15.0. The number of rotatable bonds is 8. The first-order valence-electron chi connectivity index (χ1n) is 9.20. The Kier molecular flexibility index (Phi) is 7.96. The van der Waals surface area contributed by atoms with Gasteiger partial charge < -0.3 is 15.4 Å². The molecule has 0 atom stereocenters. The Labute approximate surface area is 186 Å². The molecule has 0 aliphatic rings. The molecule has 160 valence electrons. The first-order valence-corrected chi connectivity index (χ1v) is 11.0. The van der Waals surface area contributed by atoms with Crippen LogP contribution in [-0.2, 0) is 9.53 Å². The SMILES string of the molecule is CCOC(=O)c1ccccc1NC(=O)CSc1nnc(NC(=O)Nc2ccccc2)s1. The normalized spacial score (nSPS) is 10.2. The number of carbonyl (C=O) groups excluding carboxylic acids is 3. The fourth-order valence-corrected chi connectivity index (χ4v) is 3.94. The second-order valence-electron chi connectivity index (χ2n) is 5.92. The first kappa shape index (κ1) is 22.2. The number of esters is 1. The van der Waals surface area contributed by atoms with Gasteiger partial charge >= 0.3 is 12.0 Å². The van der Waals surface area contributed by atoms with Crippen molar-refractivity contribution in [3.63, 3.8) is 0 Å². The maximum atomic E-state index is 12.3. The Bertz CT molecular complexity index is 1060. The van der Waals surface area contributed by atoms with Crippen LogP contribution < -0.4 is 16.0 Å². The van der Waals surface area contributed by atoms with Gasteiger partial charge in [0.05, 0.1) is 23.6 Å². The van der Waals surface area contributed by atoms with Gasteiger partial charge in [0.2, 0.25) is 11.0 Å². The number of nitrogens with zero attached hydrogens (tertiary/aromatic N) is 2. The van der Waals surface area contributed by atoms with E-state index in [2.05, 4.69) is 26.1 Å². The van der Waals surface area contributed by atoms with Crippen LogP contribution in [0, 0.1) is 0 Å². The number of ether oxygens (including phenoxy) is 1. The van der Waals surface area contributed by atoms with Gasteiger partial charge in [0.1, 0.15) is 0 Å². The zero-order chi connectivity index (χ0) is 22.1. The number of nitrogens with one attached hydrogen (secondary N) is 3. The molecule has 1 aromatic heterocycles. The van der Waals surface area contributed by atoms with Crippen LogP contribution in [0.1, 0.15) is 17.3 Å². The minimum atomic E-state index is -0.500. The minimum Gasteiger partial charge on any atom is -0.462 e. The summed E-state index contributed by atoms with van der Waals surface area (Å²) in [6, 6.07) is 15.2. The molecular formula is C20H19N5O4S2. The third-order valence-corrected chi connectivity index (χ3v) is 5.65. The Hall–Kier alpha value is -3.44. The summed E-state index contributed by atoms with van der Waals surface area (Å²) in [5, 5.41) is 16.2. The van der Waals surface area contributed by atoms with E-state index in [1.165, 1.54) is 11.8 Å². The van der Waals surface area contributed by atoms with E-state index >= 15 is 0 Å². The second-order valence-corrected chi connectivity index (χ2v) is 8.12. The van der Waals surface area contributed by atoms with Crippen LogP contribution in [0.25, 0.3) is 0 Å². The molecule has 0 spiro atoms. The van der Waals surface area contributed by atoms with Crippen molar-refractivity contribution in [3.8, 4) is 0 Å². The molecule has 0 saturated carbocycles. The quantitative estimate of drug-likeness (QED) is 0.264. The van der Waals surface area contributed by atoms with E-state index in [9.17, 15) is 14.4 Å². The summed E-state index contributed by atoms with van der Waals surface area (Å²) in [7, 11) is 0. The predicted molar refractivity (Wildman–Crippen MR) is 121 cm³/mol. The van der Waals surface area contributed by atoms with Gasteiger partial charge in [-0.2, -0.15) is 0 Å². The number of carbonyl (C=O) groups is 3. The second kappa shape index (κ2) is 11.1. The maximum absolute atomic E-state index is 12.3. The molecule has 31 heavy (non-hydrogen) atoms. The van der Waals surface area contributed by atoms with Crippen molar-refractivity contribution in [1.29, 1.82) is 0 Å². The van der Waals surface area contributed by atoms with Gasteiger partial charge in [-0.1, -0.05) is 53.4 Å². The van der Waals surface area contributed by atoms with E-state index in [-0.39, 0.29) is 23.8 Å². The molecule has 2 aromatic carbocycles. The van der Waals surface area contributed by atoms with Crippen molar-refractivity contribution < 1.29 is 19.1 Å². The Balaban J connectivity index is 1.50. The van der Waals surface area contributed by atoms with Crippen LogP contribution in [0.15, 0.2) is 58.9 Å². The highest BCUT2D eigenvalue weighted by Crippen LogP contribution is 2.26. The van der Waals surface area contributed by atoms with Crippen LogP contribution in [0.3, 0.4) is 0 Å². The largest absolute Gasteiger partial charge is 0.462 e. The van der Waals surface area contributed by atoms with E-state index in [1.54, 1.807) is 43.3 Å². The Morgan fingerprint density at radius 3 is 2.48 bits per heavy atom. The van der Waals surface area contributed by atoms with Gasteiger partial charge in [-0.15, -0.1) is 10.2 Å². The zero-order valence-corrected chi connectivity index (χ0v) is 18.1. The smallest absolute Gasteiger partial charge is 0.340 e. The number of para-hydroxylation sites is 2. The topological polar surface area (TPSA) is 122 Å². The van der Waals surface area contributed by atoms with Gasteiger partial charge in [-0.05, 0) is 31.2 Å². The van der Waals surface area contributed by atoms with Crippen molar-refractivity contribution >= 4 is 57.5 Å². The molecule has 0 unspecified atom stereocenters. The molecule has 0 fully saturated rings. The molecule has 11 heteroatoms. The number of thioether (sulfide) groups is 1. The lowest BCUT2D eigenvalue weighted by Gasteiger charge is -2.09. The molecule has 1 heterocycles. The molecule has 3 amide bonds. The lowest BCUT2D eigenvalue weighted by molar-refractivity contribution is -0.113. The third-order valence-electron chi connectivity index (χ3n) is 3.68. The summed E-state index contributed by atoms with van der Waals surface area (Å²) in [5.74, 6) is -0.755. The fraction of sp³-hybridized carbons (Fsp3) is 0.150. The Morgan fingerprint density at radius 2 is 1.71 bits per heavy atom. The highest BCUT2D eigenvalue weighted by molar-refractivity contribution is 8.01. The van der Waals surface area contributed by atoms with E-state index in [0.29, 0.717) is 20.8 Å². The lowest BCUT2D eigenvalue weighted by atomic mass is 10.2. The molecule has 0 aliphatic carbocycles. The van der Waals surface area contributed by atoms with Crippen molar-refractivity contribution in [2.24, 2.45) is 0 Å². The van der Waals surface area contributed by atoms with Crippen molar-refractivity contribution in [2.75, 3.05) is 28.3 Å². The summed E-state index contributed by atoms with van der Waals surface area (Å²) >= 11 is 2.32. The summed E-state index contributed by atoms with van der Waals surface area (Å²) in [4.78, 5) is 36.3. The van der Waals surface area contributed by atoms with E-state index in [4.69, 9.17) is 4.74 Å². The molecule has 0 saturated heterocycles. The highest BCUT2D eigenvalue weighted by atomic mass is 32.2. The van der Waals surface area contributed by atoms with Gasteiger partial charge in [0.25, 0.3) is 0 Å². The highest BCUT2D eigenvalue weighted by Gasteiger charge is 2.15. The van der Waals surface area contributed by atoms with Crippen LogP contribution in [-0.4, -0.2) is 40.5 Å². The number of benzene rings is 2. The van der Waals surface area contributed by atoms with Crippen LogP contribution in [0.4, 0.5) is 21.3 Å². The van der Waals surface area contributed by atoms with E-state index < -0.39 is 12.0 Å². The zero-order valence-electron chi connectivity index (χ0n) is 16.5. The van der Waals surface area contributed by atoms with Gasteiger partial charge in [0, 0.05) is 5.69 Å². The Morgan fingerprint density at radius 1 is 0.968 bits per heavy atom. The minimum absolute atomic E-state index is 0.0575. The molecule has 0 bridgehead atoms. The molecule has 0 aliphatic heterocycles. The number of anilines is 3. The third kappa shape index (κ3) is 6.79. The molecule has 3 N–H and O–H groups in total. The van der Waals surface area contributed by atoms with Gasteiger partial charge in [-0.3, -0.25) is 10.1 Å². The van der Waals surface area contributed by atoms with Crippen molar-refractivity contribution in [3.05, 3.63) is 60.2 Å². The molecule has 3 rings (SSSR count).